The maximum absolute atomic E-state index is 13.2. The molecule has 0 N–H and O–H groups in total. The topological polar surface area (TPSA) is 26.3 Å². The van der Waals surface area contributed by atoms with Gasteiger partial charge in [0.05, 0.1) is 5.56 Å². The van der Waals surface area contributed by atoms with Gasteiger partial charge in [-0.15, -0.1) is 0 Å². The Bertz CT molecular complexity index is 760. The monoisotopic (exact) mass is 282 g/mol. The molecule has 106 valence electrons. The fourth-order valence-electron chi connectivity index (χ4n) is 2.61. The lowest BCUT2D eigenvalue weighted by Gasteiger charge is -2.21. The van der Waals surface area contributed by atoms with Crippen LogP contribution in [0.1, 0.15) is 27.0 Å². The van der Waals surface area contributed by atoms with Gasteiger partial charge in [-0.3, -0.25) is 4.79 Å². The van der Waals surface area contributed by atoms with Crippen molar-refractivity contribution in [3.63, 3.8) is 0 Å². The van der Waals surface area contributed by atoms with Gasteiger partial charge >= 0.3 is 0 Å². The van der Waals surface area contributed by atoms with Gasteiger partial charge in [0.1, 0.15) is 18.2 Å². The maximum Gasteiger partial charge on any atom is 0.196 e. The second-order valence-corrected chi connectivity index (χ2v) is 5.30. The highest BCUT2D eigenvalue weighted by molar-refractivity contribution is 6.14. The Balaban J connectivity index is 2.03. The highest BCUT2D eigenvalue weighted by Crippen LogP contribution is 2.32. The maximum atomic E-state index is 13.2. The van der Waals surface area contributed by atoms with Gasteiger partial charge in [-0.05, 0) is 54.8 Å². The molecule has 0 saturated heterocycles. The molecule has 1 aliphatic heterocycles. The molecule has 0 aromatic heterocycles. The van der Waals surface area contributed by atoms with Crippen LogP contribution in [0.15, 0.2) is 42.0 Å². The summed E-state index contributed by atoms with van der Waals surface area (Å²) in [6.07, 6.45) is 1.69. The van der Waals surface area contributed by atoms with Crippen LogP contribution in [0.25, 0.3) is 6.08 Å². The number of ether oxygens (including phenoxy) is 1. The standard InChI is InChI=1S/C18H15FO2/c1-11-6-12(2)18-16(7-11)17(20)14(10-21-18)8-13-4-3-5-15(19)9-13/h3-9H,10H2,1-2H3/b14-8-. The van der Waals surface area contributed by atoms with Crippen molar-refractivity contribution in [3.8, 4) is 5.75 Å². The molecule has 3 rings (SSSR count). The van der Waals surface area contributed by atoms with E-state index in [-0.39, 0.29) is 18.2 Å². The highest BCUT2D eigenvalue weighted by atomic mass is 19.1. The van der Waals surface area contributed by atoms with Crippen molar-refractivity contribution in [2.24, 2.45) is 0 Å². The number of ketones is 1. The number of hydrogen-bond donors (Lipinski definition) is 0. The molecule has 21 heavy (non-hydrogen) atoms. The van der Waals surface area contributed by atoms with E-state index in [1.165, 1.54) is 12.1 Å². The Morgan fingerprint density at radius 2 is 2.00 bits per heavy atom. The molecule has 0 bridgehead atoms. The average Bonchev–Trinajstić information content (AvgIpc) is 2.42. The Morgan fingerprint density at radius 1 is 1.19 bits per heavy atom. The fourth-order valence-corrected chi connectivity index (χ4v) is 2.61. The van der Waals surface area contributed by atoms with Crippen molar-refractivity contribution in [2.75, 3.05) is 6.61 Å². The third kappa shape index (κ3) is 2.59. The van der Waals surface area contributed by atoms with Crippen molar-refractivity contribution in [1.29, 1.82) is 0 Å². The van der Waals surface area contributed by atoms with Crippen molar-refractivity contribution < 1.29 is 13.9 Å². The van der Waals surface area contributed by atoms with Gasteiger partial charge in [-0.25, -0.2) is 4.39 Å². The van der Waals surface area contributed by atoms with Crippen LogP contribution in [0.5, 0.6) is 5.75 Å². The molecule has 0 saturated carbocycles. The predicted molar refractivity (Wildman–Crippen MR) is 80.1 cm³/mol. The van der Waals surface area contributed by atoms with Crippen LogP contribution in [0.3, 0.4) is 0 Å². The summed E-state index contributed by atoms with van der Waals surface area (Å²) in [4.78, 5) is 12.6. The number of hydrogen-bond acceptors (Lipinski definition) is 2. The fraction of sp³-hybridized carbons (Fsp3) is 0.167. The van der Waals surface area contributed by atoms with Crippen LogP contribution >= 0.6 is 0 Å². The second-order valence-electron chi connectivity index (χ2n) is 5.30. The summed E-state index contributed by atoms with van der Waals surface area (Å²) in [5.41, 5.74) is 3.77. The minimum atomic E-state index is -0.319. The van der Waals surface area contributed by atoms with E-state index in [0.29, 0.717) is 22.4 Å². The number of Topliss-reactive ketones (excluding diaryl/α,β-unsaturated/α-hetero) is 1. The molecule has 3 heteroatoms. The number of fused-ring (bicyclic) bond motifs is 1. The minimum Gasteiger partial charge on any atom is -0.488 e. The molecule has 2 aromatic rings. The van der Waals surface area contributed by atoms with Gasteiger partial charge in [0.25, 0.3) is 0 Å². The van der Waals surface area contributed by atoms with Crippen molar-refractivity contribution in [3.05, 3.63) is 70.0 Å². The van der Waals surface area contributed by atoms with E-state index >= 15 is 0 Å². The van der Waals surface area contributed by atoms with Gasteiger partial charge in [0.2, 0.25) is 0 Å². The largest absolute Gasteiger partial charge is 0.488 e. The van der Waals surface area contributed by atoms with Crippen LogP contribution in [0.2, 0.25) is 0 Å². The molecule has 0 amide bonds. The molecule has 2 aromatic carbocycles. The molecule has 2 nitrogen and oxygen atoms in total. The minimum absolute atomic E-state index is 0.0488. The van der Waals surface area contributed by atoms with Crippen LogP contribution in [0, 0.1) is 19.7 Å². The van der Waals surface area contributed by atoms with E-state index in [4.69, 9.17) is 4.74 Å². The lowest BCUT2D eigenvalue weighted by molar-refractivity contribution is 0.100. The third-order valence-corrected chi connectivity index (χ3v) is 3.52. The molecule has 0 fully saturated rings. The first-order valence-electron chi connectivity index (χ1n) is 6.79. The average molecular weight is 282 g/mol. The molecule has 0 spiro atoms. The number of halogens is 1. The molecule has 0 unspecified atom stereocenters. The predicted octanol–water partition coefficient (Wildman–Crippen LogP) is 4.10. The SMILES string of the molecule is Cc1cc(C)c2c(c1)C(=O)/C(=C\c1cccc(F)c1)CO2. The molecular weight excluding hydrogens is 267 g/mol. The Kier molecular flexibility index (Phi) is 3.34. The third-order valence-electron chi connectivity index (χ3n) is 3.52. The molecule has 1 aliphatic rings. The summed E-state index contributed by atoms with van der Waals surface area (Å²) >= 11 is 0. The lowest BCUT2D eigenvalue weighted by Crippen LogP contribution is -2.20. The van der Waals surface area contributed by atoms with E-state index < -0.39 is 0 Å². The smallest absolute Gasteiger partial charge is 0.196 e. The zero-order chi connectivity index (χ0) is 15.0. The summed E-state index contributed by atoms with van der Waals surface area (Å²) in [5.74, 6) is 0.287. The summed E-state index contributed by atoms with van der Waals surface area (Å²) in [6.45, 7) is 4.10. The first kappa shape index (κ1) is 13.6. The first-order chi connectivity index (χ1) is 10.0. The van der Waals surface area contributed by atoms with Crippen molar-refractivity contribution in [2.45, 2.75) is 13.8 Å². The number of benzene rings is 2. The molecule has 1 heterocycles. The van der Waals surface area contributed by atoms with Gasteiger partial charge in [0, 0.05) is 5.57 Å². The summed E-state index contributed by atoms with van der Waals surface area (Å²) in [6, 6.07) is 10.00. The second kappa shape index (κ2) is 5.17. The van der Waals surface area contributed by atoms with Gasteiger partial charge < -0.3 is 4.74 Å². The molecule has 0 atom stereocenters. The van der Waals surface area contributed by atoms with E-state index in [9.17, 15) is 9.18 Å². The number of rotatable bonds is 1. The van der Waals surface area contributed by atoms with Crippen LogP contribution in [0.4, 0.5) is 4.39 Å². The Labute approximate surface area is 122 Å². The molecule has 0 radical (unpaired) electrons. The van der Waals surface area contributed by atoms with E-state index in [0.717, 1.165) is 11.1 Å². The Morgan fingerprint density at radius 3 is 2.76 bits per heavy atom. The van der Waals surface area contributed by atoms with Crippen LogP contribution < -0.4 is 4.74 Å². The number of carbonyl (C=O) groups is 1. The van der Waals surface area contributed by atoms with Crippen molar-refractivity contribution >= 4 is 11.9 Å². The van der Waals surface area contributed by atoms with Gasteiger partial charge in [0.15, 0.2) is 5.78 Å². The van der Waals surface area contributed by atoms with E-state index in [1.54, 1.807) is 18.2 Å². The summed E-state index contributed by atoms with van der Waals surface area (Å²) in [7, 11) is 0. The van der Waals surface area contributed by atoms with E-state index in [2.05, 4.69) is 0 Å². The van der Waals surface area contributed by atoms with Gasteiger partial charge in [-0.1, -0.05) is 18.2 Å². The summed E-state index contributed by atoms with van der Waals surface area (Å²) in [5, 5.41) is 0. The van der Waals surface area contributed by atoms with E-state index in [1.807, 2.05) is 26.0 Å². The number of carbonyl (C=O) groups excluding carboxylic acids is 1. The Hall–Kier alpha value is -2.42. The highest BCUT2D eigenvalue weighted by Gasteiger charge is 2.24. The van der Waals surface area contributed by atoms with Crippen molar-refractivity contribution in [1.82, 2.24) is 0 Å². The molecule has 0 aliphatic carbocycles. The molecular formula is C18H15FO2. The van der Waals surface area contributed by atoms with Crippen LogP contribution in [-0.2, 0) is 0 Å². The van der Waals surface area contributed by atoms with Gasteiger partial charge in [-0.2, -0.15) is 0 Å². The first-order valence-corrected chi connectivity index (χ1v) is 6.79. The van der Waals surface area contributed by atoms with Crippen LogP contribution in [-0.4, -0.2) is 12.4 Å². The quantitative estimate of drug-likeness (QED) is 0.736. The normalized spacial score (nSPS) is 15.8. The lowest BCUT2D eigenvalue weighted by atomic mass is 9.95. The zero-order valence-electron chi connectivity index (χ0n) is 11.9. The summed E-state index contributed by atoms with van der Waals surface area (Å²) < 4.78 is 18.9. The zero-order valence-corrected chi connectivity index (χ0v) is 11.9. The number of aryl methyl sites for hydroxylation is 2.